The van der Waals surface area contributed by atoms with Crippen molar-refractivity contribution in [3.8, 4) is 0 Å². The minimum absolute atomic E-state index is 0.280. The van der Waals surface area contributed by atoms with Crippen molar-refractivity contribution >= 4 is 43.6 Å². The smallest absolute Gasteiger partial charge is 0.0491 e. The SMILES string of the molecule is CCCCCCc1ccc2c(c1)c1cc3ccc1n2CCCn1c2ccc(CCCCCC)cc2c2cc(ccc21)CN(CCCCCO)C3. The Hall–Kier alpha value is -3.60. The van der Waals surface area contributed by atoms with Crippen LogP contribution >= 0.6 is 0 Å². The van der Waals surface area contributed by atoms with Crippen LogP contribution in [0.1, 0.15) is 113 Å². The summed E-state index contributed by atoms with van der Waals surface area (Å²) in [6, 6.07) is 29.2. The molecule has 4 heteroatoms. The molecular weight excluding hydrogens is 611 g/mol. The molecule has 264 valence electrons. The standard InChI is InChI=1S/C46H59N3O/c1-3-5-7-10-15-35-17-21-43-39(29-35)41-31-37-19-23-45(41)48(43)26-14-27-49-44-22-18-36(16-11-8-6-4-2)30-40(44)42-32-38(20-24-46(42)49)34-47(33-37)25-12-9-13-28-50/h17-24,29-32,50H,3-16,25-28,33-34H2,1-2H3. The summed E-state index contributed by atoms with van der Waals surface area (Å²) in [5.74, 6) is 0. The lowest BCUT2D eigenvalue weighted by Gasteiger charge is -2.23. The van der Waals surface area contributed by atoms with E-state index < -0.39 is 0 Å². The predicted octanol–water partition coefficient (Wildman–Crippen LogP) is 11.7. The van der Waals surface area contributed by atoms with Gasteiger partial charge in [-0.25, -0.2) is 0 Å². The molecule has 0 spiro atoms. The number of aromatic nitrogens is 2. The summed E-state index contributed by atoms with van der Waals surface area (Å²) in [5, 5.41) is 15.1. The molecule has 4 aliphatic rings. The van der Waals surface area contributed by atoms with E-state index in [0.29, 0.717) is 0 Å². The van der Waals surface area contributed by atoms with Crippen molar-refractivity contribution in [3.63, 3.8) is 0 Å². The lowest BCUT2D eigenvalue weighted by atomic mass is 10.0. The molecule has 0 radical (unpaired) electrons. The summed E-state index contributed by atoms with van der Waals surface area (Å²) >= 11 is 0. The molecule has 8 bridgehead atoms. The number of aliphatic hydroxyl groups excluding tert-OH is 1. The zero-order valence-corrected chi connectivity index (χ0v) is 30.9. The van der Waals surface area contributed by atoms with Crippen LogP contribution in [-0.2, 0) is 39.0 Å². The van der Waals surface area contributed by atoms with Gasteiger partial charge in [0, 0.05) is 76.4 Å². The minimum Gasteiger partial charge on any atom is -0.396 e. The Morgan fingerprint density at radius 1 is 0.500 bits per heavy atom. The third-order valence-electron chi connectivity index (χ3n) is 11.3. The topological polar surface area (TPSA) is 33.3 Å². The molecular formula is C46H59N3O. The third-order valence-corrected chi connectivity index (χ3v) is 11.3. The summed E-state index contributed by atoms with van der Waals surface area (Å²) in [4.78, 5) is 2.64. The molecule has 0 aliphatic carbocycles. The van der Waals surface area contributed by atoms with Crippen LogP contribution in [0, 0.1) is 0 Å². The van der Waals surface area contributed by atoms with E-state index in [1.807, 2.05) is 0 Å². The molecule has 4 nitrogen and oxygen atoms in total. The quantitative estimate of drug-likeness (QED) is 0.110. The number of rotatable bonds is 15. The molecule has 0 fully saturated rings. The zero-order chi connectivity index (χ0) is 34.3. The Morgan fingerprint density at radius 3 is 1.44 bits per heavy atom. The number of aryl methyl sites for hydroxylation is 4. The summed E-state index contributed by atoms with van der Waals surface area (Å²) in [6.45, 7) is 9.76. The lowest BCUT2D eigenvalue weighted by Crippen LogP contribution is -2.24. The molecule has 0 saturated carbocycles. The van der Waals surface area contributed by atoms with E-state index >= 15 is 0 Å². The van der Waals surface area contributed by atoms with E-state index in [1.165, 1.54) is 117 Å². The van der Waals surface area contributed by atoms with Crippen LogP contribution in [0.15, 0.2) is 72.8 Å². The largest absolute Gasteiger partial charge is 0.396 e. The van der Waals surface area contributed by atoms with Crippen molar-refractivity contribution in [2.24, 2.45) is 0 Å². The second-order valence-electron chi connectivity index (χ2n) is 15.2. The first-order valence-corrected chi connectivity index (χ1v) is 20.1. The molecule has 4 aliphatic heterocycles. The van der Waals surface area contributed by atoms with Gasteiger partial charge in [0.25, 0.3) is 0 Å². The Morgan fingerprint density at radius 2 is 0.960 bits per heavy atom. The van der Waals surface area contributed by atoms with Crippen LogP contribution in [-0.4, -0.2) is 32.3 Å². The Balaban J connectivity index is 1.29. The maximum Gasteiger partial charge on any atom is 0.0491 e. The van der Waals surface area contributed by atoms with E-state index in [-0.39, 0.29) is 6.61 Å². The van der Waals surface area contributed by atoms with Crippen LogP contribution in [0.2, 0.25) is 0 Å². The van der Waals surface area contributed by atoms with Crippen molar-refractivity contribution in [1.29, 1.82) is 0 Å². The highest BCUT2D eigenvalue weighted by Crippen LogP contribution is 2.35. The van der Waals surface area contributed by atoms with Gasteiger partial charge >= 0.3 is 0 Å². The fourth-order valence-corrected chi connectivity index (χ4v) is 8.64. The van der Waals surface area contributed by atoms with Crippen LogP contribution in [0.3, 0.4) is 0 Å². The van der Waals surface area contributed by atoms with Gasteiger partial charge in [-0.3, -0.25) is 4.90 Å². The molecule has 6 heterocycles. The lowest BCUT2D eigenvalue weighted by molar-refractivity contribution is 0.240. The second-order valence-corrected chi connectivity index (χ2v) is 15.2. The van der Waals surface area contributed by atoms with Gasteiger partial charge < -0.3 is 14.2 Å². The van der Waals surface area contributed by atoms with Gasteiger partial charge in [0.05, 0.1) is 0 Å². The second kappa shape index (κ2) is 16.6. The first-order chi connectivity index (χ1) is 24.7. The number of nitrogens with zero attached hydrogens (tertiary/aromatic N) is 3. The molecule has 10 rings (SSSR count). The molecule has 0 unspecified atom stereocenters. The van der Waals surface area contributed by atoms with Crippen LogP contribution in [0.5, 0.6) is 0 Å². The number of hydrogen-bond donors (Lipinski definition) is 1. The first kappa shape index (κ1) is 34.8. The number of hydrogen-bond acceptors (Lipinski definition) is 2. The maximum absolute atomic E-state index is 9.47. The Labute approximate surface area is 300 Å². The fourth-order valence-electron chi connectivity index (χ4n) is 8.64. The summed E-state index contributed by atoms with van der Waals surface area (Å²) in [7, 11) is 0. The van der Waals surface area contributed by atoms with Gasteiger partial charge in [0.2, 0.25) is 0 Å². The van der Waals surface area contributed by atoms with Crippen molar-refractivity contribution in [2.75, 3.05) is 13.2 Å². The summed E-state index contributed by atoms with van der Waals surface area (Å²) in [6.07, 6.45) is 16.9. The van der Waals surface area contributed by atoms with Crippen molar-refractivity contribution in [2.45, 2.75) is 130 Å². The summed E-state index contributed by atoms with van der Waals surface area (Å²) in [5.41, 5.74) is 11.2. The van der Waals surface area contributed by atoms with Crippen LogP contribution in [0.25, 0.3) is 43.6 Å². The predicted molar refractivity (Wildman–Crippen MR) is 214 cm³/mol. The molecule has 0 amide bonds. The molecule has 0 saturated heterocycles. The maximum atomic E-state index is 9.47. The van der Waals surface area contributed by atoms with Gasteiger partial charge in [-0.2, -0.15) is 0 Å². The highest BCUT2D eigenvalue weighted by Gasteiger charge is 2.17. The number of fused-ring (bicyclic) bond motifs is 2. The Kier molecular flexibility index (Phi) is 11.6. The van der Waals surface area contributed by atoms with Gasteiger partial charge in [-0.1, -0.05) is 76.6 Å². The zero-order valence-electron chi connectivity index (χ0n) is 30.9. The third kappa shape index (κ3) is 7.67. The van der Waals surface area contributed by atoms with E-state index in [9.17, 15) is 5.11 Å². The molecule has 2 aromatic heterocycles. The average molecular weight is 670 g/mol. The van der Waals surface area contributed by atoms with Gasteiger partial charge in [-0.05, 0) is 129 Å². The van der Waals surface area contributed by atoms with E-state index in [2.05, 4.69) is 101 Å². The average Bonchev–Trinajstić information content (AvgIpc) is 3.60. The minimum atomic E-state index is 0.280. The van der Waals surface area contributed by atoms with Gasteiger partial charge in [-0.15, -0.1) is 0 Å². The van der Waals surface area contributed by atoms with Crippen LogP contribution < -0.4 is 0 Å². The molecule has 0 atom stereocenters. The highest BCUT2D eigenvalue weighted by molar-refractivity contribution is 6.09. The summed E-state index contributed by atoms with van der Waals surface area (Å²) < 4.78 is 5.21. The molecule has 1 N–H and O–H groups in total. The molecule has 50 heavy (non-hydrogen) atoms. The van der Waals surface area contributed by atoms with Crippen molar-refractivity contribution < 1.29 is 5.11 Å². The highest BCUT2D eigenvalue weighted by atomic mass is 16.2. The Bertz CT molecular complexity index is 1890. The first-order valence-electron chi connectivity index (χ1n) is 20.1. The van der Waals surface area contributed by atoms with Gasteiger partial charge in [0.1, 0.15) is 0 Å². The monoisotopic (exact) mass is 669 g/mol. The van der Waals surface area contributed by atoms with Crippen molar-refractivity contribution in [1.82, 2.24) is 14.0 Å². The number of unbranched alkanes of at least 4 members (excludes halogenated alkanes) is 8. The molecule has 6 aromatic rings. The van der Waals surface area contributed by atoms with Gasteiger partial charge in [0.15, 0.2) is 0 Å². The van der Waals surface area contributed by atoms with Crippen molar-refractivity contribution in [3.05, 3.63) is 95.1 Å². The normalized spacial score (nSPS) is 14.2. The van der Waals surface area contributed by atoms with Crippen LogP contribution in [0.4, 0.5) is 0 Å². The van der Waals surface area contributed by atoms with E-state index in [0.717, 1.165) is 71.2 Å². The molecule has 4 aromatic carbocycles. The number of benzene rings is 4. The van der Waals surface area contributed by atoms with E-state index in [4.69, 9.17) is 0 Å². The fraction of sp³-hybridized carbons (Fsp3) is 0.478. The number of aliphatic hydroxyl groups is 1. The van der Waals surface area contributed by atoms with E-state index in [1.54, 1.807) is 0 Å².